The molecule has 0 saturated carbocycles. The highest BCUT2D eigenvalue weighted by atomic mass is 16.5. The fourth-order valence-electron chi connectivity index (χ4n) is 3.01. The summed E-state index contributed by atoms with van der Waals surface area (Å²) in [5.41, 5.74) is 1.88. The maximum absolute atomic E-state index is 12.9. The molecule has 0 aliphatic rings. The summed E-state index contributed by atoms with van der Waals surface area (Å²) in [4.78, 5) is 12.9. The van der Waals surface area contributed by atoms with Crippen LogP contribution in [-0.2, 0) is 6.54 Å². The summed E-state index contributed by atoms with van der Waals surface area (Å²) < 4.78 is 13.0. The second-order valence-corrected chi connectivity index (χ2v) is 5.58. The van der Waals surface area contributed by atoms with E-state index in [0.29, 0.717) is 16.9 Å². The standard InChI is InChI=1S/C19H21NO3/c1-4-5-10-20-15-9-7-6-8-13(15)19(21)14-11-17(22-2)18(23-3)12-16(14)20/h6-9,11-12H,4-5,10H2,1-3H3. The monoisotopic (exact) mass is 311 g/mol. The van der Waals surface area contributed by atoms with Gasteiger partial charge in [0.25, 0.3) is 0 Å². The Labute approximate surface area is 135 Å². The largest absolute Gasteiger partial charge is 0.493 e. The fourth-order valence-corrected chi connectivity index (χ4v) is 3.01. The Morgan fingerprint density at radius 1 is 0.957 bits per heavy atom. The van der Waals surface area contributed by atoms with E-state index in [9.17, 15) is 4.79 Å². The molecule has 3 rings (SSSR count). The van der Waals surface area contributed by atoms with Crippen LogP contribution in [0.25, 0.3) is 21.8 Å². The van der Waals surface area contributed by atoms with Gasteiger partial charge in [-0.25, -0.2) is 0 Å². The Morgan fingerprint density at radius 3 is 2.35 bits per heavy atom. The van der Waals surface area contributed by atoms with Gasteiger partial charge >= 0.3 is 0 Å². The first-order valence-electron chi connectivity index (χ1n) is 7.88. The summed E-state index contributed by atoms with van der Waals surface area (Å²) in [5, 5.41) is 1.40. The molecule has 1 aromatic heterocycles. The molecule has 23 heavy (non-hydrogen) atoms. The second kappa shape index (κ2) is 6.32. The molecule has 4 heteroatoms. The summed E-state index contributed by atoms with van der Waals surface area (Å²) in [6.07, 6.45) is 2.14. The Kier molecular flexibility index (Phi) is 4.24. The zero-order valence-corrected chi connectivity index (χ0v) is 13.8. The normalized spacial score (nSPS) is 11.1. The number of aryl methyl sites for hydroxylation is 1. The molecule has 3 aromatic rings. The Bertz CT molecular complexity index is 912. The van der Waals surface area contributed by atoms with Crippen LogP contribution in [0.2, 0.25) is 0 Å². The maximum Gasteiger partial charge on any atom is 0.197 e. The molecule has 4 nitrogen and oxygen atoms in total. The summed E-state index contributed by atoms with van der Waals surface area (Å²) in [6.45, 7) is 3.03. The third kappa shape index (κ3) is 2.54. The predicted molar refractivity (Wildman–Crippen MR) is 93.7 cm³/mol. The molecule has 0 atom stereocenters. The highest BCUT2D eigenvalue weighted by Gasteiger charge is 2.14. The van der Waals surface area contributed by atoms with Gasteiger partial charge in [0, 0.05) is 18.0 Å². The lowest BCUT2D eigenvalue weighted by Crippen LogP contribution is -2.12. The van der Waals surface area contributed by atoms with E-state index in [1.165, 1.54) is 0 Å². The molecule has 2 aromatic carbocycles. The van der Waals surface area contributed by atoms with Crippen molar-refractivity contribution in [2.24, 2.45) is 0 Å². The van der Waals surface area contributed by atoms with E-state index in [0.717, 1.165) is 35.8 Å². The Balaban J connectivity index is 2.45. The van der Waals surface area contributed by atoms with Crippen LogP contribution >= 0.6 is 0 Å². The minimum Gasteiger partial charge on any atom is -0.493 e. The van der Waals surface area contributed by atoms with E-state index in [2.05, 4.69) is 11.5 Å². The molecule has 0 unspecified atom stereocenters. The van der Waals surface area contributed by atoms with Gasteiger partial charge in [0.15, 0.2) is 16.9 Å². The topological polar surface area (TPSA) is 40.5 Å². The molecule has 0 aliphatic heterocycles. The van der Waals surface area contributed by atoms with Crippen molar-refractivity contribution in [3.63, 3.8) is 0 Å². The van der Waals surface area contributed by atoms with E-state index in [1.807, 2.05) is 30.3 Å². The first kappa shape index (κ1) is 15.4. The van der Waals surface area contributed by atoms with Crippen LogP contribution in [-0.4, -0.2) is 18.8 Å². The van der Waals surface area contributed by atoms with E-state index in [4.69, 9.17) is 9.47 Å². The van der Waals surface area contributed by atoms with Crippen molar-refractivity contribution in [3.8, 4) is 11.5 Å². The molecule has 0 fully saturated rings. The summed E-state index contributed by atoms with van der Waals surface area (Å²) >= 11 is 0. The molecule has 0 bridgehead atoms. The SMILES string of the molecule is CCCCn1c2ccccc2c(=O)c2cc(OC)c(OC)cc21. The van der Waals surface area contributed by atoms with E-state index < -0.39 is 0 Å². The van der Waals surface area contributed by atoms with Gasteiger partial charge in [-0.15, -0.1) is 0 Å². The lowest BCUT2D eigenvalue weighted by atomic mass is 10.1. The van der Waals surface area contributed by atoms with Gasteiger partial charge in [-0.2, -0.15) is 0 Å². The minimum atomic E-state index is 0.0318. The molecular weight excluding hydrogens is 290 g/mol. The van der Waals surface area contributed by atoms with Gasteiger partial charge in [0.1, 0.15) is 0 Å². The highest BCUT2D eigenvalue weighted by Crippen LogP contribution is 2.32. The third-order valence-electron chi connectivity index (χ3n) is 4.21. The van der Waals surface area contributed by atoms with Gasteiger partial charge in [0.2, 0.25) is 0 Å². The van der Waals surface area contributed by atoms with Crippen LogP contribution < -0.4 is 14.9 Å². The molecular formula is C19H21NO3. The number of ether oxygens (including phenoxy) is 2. The number of methoxy groups -OCH3 is 2. The number of pyridine rings is 1. The number of unbranched alkanes of at least 4 members (excludes halogenated alkanes) is 1. The molecule has 1 heterocycles. The van der Waals surface area contributed by atoms with Crippen LogP contribution in [0, 0.1) is 0 Å². The lowest BCUT2D eigenvalue weighted by Gasteiger charge is -2.17. The van der Waals surface area contributed by atoms with Crippen LogP contribution in [0.3, 0.4) is 0 Å². The number of benzene rings is 2. The minimum absolute atomic E-state index is 0.0318. The van der Waals surface area contributed by atoms with Gasteiger partial charge in [-0.05, 0) is 24.6 Å². The number of para-hydroxylation sites is 1. The van der Waals surface area contributed by atoms with E-state index in [-0.39, 0.29) is 5.43 Å². The number of hydrogen-bond acceptors (Lipinski definition) is 3. The molecule has 120 valence electrons. The summed E-state index contributed by atoms with van der Waals surface area (Å²) in [7, 11) is 3.19. The average molecular weight is 311 g/mol. The quantitative estimate of drug-likeness (QED) is 0.669. The predicted octanol–water partition coefficient (Wildman–Crippen LogP) is 3.97. The number of fused-ring (bicyclic) bond motifs is 2. The van der Waals surface area contributed by atoms with Gasteiger partial charge in [-0.3, -0.25) is 4.79 Å². The lowest BCUT2D eigenvalue weighted by molar-refractivity contribution is 0.355. The van der Waals surface area contributed by atoms with Crippen molar-refractivity contribution in [2.45, 2.75) is 26.3 Å². The van der Waals surface area contributed by atoms with Gasteiger partial charge < -0.3 is 14.0 Å². The van der Waals surface area contributed by atoms with E-state index >= 15 is 0 Å². The number of nitrogens with zero attached hydrogens (tertiary/aromatic N) is 1. The molecule has 0 radical (unpaired) electrons. The highest BCUT2D eigenvalue weighted by molar-refractivity contribution is 5.95. The number of hydrogen-bond donors (Lipinski definition) is 0. The number of rotatable bonds is 5. The van der Waals surface area contributed by atoms with Crippen molar-refractivity contribution in [2.75, 3.05) is 14.2 Å². The molecule has 0 aliphatic carbocycles. The fraction of sp³-hybridized carbons (Fsp3) is 0.316. The van der Waals surface area contributed by atoms with Crippen LogP contribution in [0.5, 0.6) is 11.5 Å². The average Bonchev–Trinajstić information content (AvgIpc) is 2.60. The van der Waals surface area contributed by atoms with Crippen molar-refractivity contribution in [1.82, 2.24) is 4.57 Å². The maximum atomic E-state index is 12.9. The first-order valence-corrected chi connectivity index (χ1v) is 7.88. The Morgan fingerprint density at radius 2 is 1.65 bits per heavy atom. The number of aromatic nitrogens is 1. The second-order valence-electron chi connectivity index (χ2n) is 5.58. The first-order chi connectivity index (χ1) is 11.2. The van der Waals surface area contributed by atoms with E-state index in [1.54, 1.807) is 20.3 Å². The molecule has 0 amide bonds. The summed E-state index contributed by atoms with van der Waals surface area (Å²) in [6, 6.07) is 11.4. The van der Waals surface area contributed by atoms with Crippen molar-refractivity contribution < 1.29 is 9.47 Å². The zero-order valence-electron chi connectivity index (χ0n) is 13.8. The van der Waals surface area contributed by atoms with Crippen molar-refractivity contribution in [1.29, 1.82) is 0 Å². The molecule has 0 N–H and O–H groups in total. The van der Waals surface area contributed by atoms with Crippen molar-refractivity contribution >= 4 is 21.8 Å². The molecule has 0 spiro atoms. The van der Waals surface area contributed by atoms with Crippen LogP contribution in [0.15, 0.2) is 41.2 Å². The van der Waals surface area contributed by atoms with Gasteiger partial charge in [-0.1, -0.05) is 25.5 Å². The van der Waals surface area contributed by atoms with Crippen LogP contribution in [0.1, 0.15) is 19.8 Å². The third-order valence-corrected chi connectivity index (χ3v) is 4.21. The van der Waals surface area contributed by atoms with Crippen molar-refractivity contribution in [3.05, 3.63) is 46.6 Å². The smallest absolute Gasteiger partial charge is 0.197 e. The zero-order chi connectivity index (χ0) is 16.4. The van der Waals surface area contributed by atoms with Crippen LogP contribution in [0.4, 0.5) is 0 Å². The molecule has 0 saturated heterocycles. The Hall–Kier alpha value is -2.49. The summed E-state index contributed by atoms with van der Waals surface area (Å²) in [5.74, 6) is 1.22. The van der Waals surface area contributed by atoms with Gasteiger partial charge in [0.05, 0.1) is 30.6 Å².